The highest BCUT2D eigenvalue weighted by atomic mass is 16.6. The molecule has 0 aliphatic rings. The molecule has 0 aromatic rings. The van der Waals surface area contributed by atoms with Crippen molar-refractivity contribution in [3.05, 3.63) is 0 Å². The van der Waals surface area contributed by atoms with E-state index in [-0.39, 0.29) is 11.9 Å². The van der Waals surface area contributed by atoms with E-state index in [9.17, 15) is 9.59 Å². The fourth-order valence-corrected chi connectivity index (χ4v) is 1.34. The highest BCUT2D eigenvalue weighted by Gasteiger charge is 2.16. The van der Waals surface area contributed by atoms with E-state index in [0.29, 0.717) is 19.6 Å². The van der Waals surface area contributed by atoms with Crippen molar-refractivity contribution in [3.8, 4) is 0 Å². The third-order valence-electron chi connectivity index (χ3n) is 2.13. The Labute approximate surface area is 109 Å². The lowest BCUT2D eigenvalue weighted by atomic mass is 10.0. The average molecular weight is 259 g/mol. The molecule has 0 saturated heterocycles. The number of alkyl carbamates (subject to hydrolysis) is 1. The summed E-state index contributed by atoms with van der Waals surface area (Å²) in [5.74, 6) is -0.0127. The van der Waals surface area contributed by atoms with Crippen LogP contribution in [-0.4, -0.2) is 30.8 Å². The minimum Gasteiger partial charge on any atom is -0.466 e. The second-order valence-electron chi connectivity index (χ2n) is 5.33. The van der Waals surface area contributed by atoms with Gasteiger partial charge in [-0.25, -0.2) is 4.79 Å². The van der Waals surface area contributed by atoms with Gasteiger partial charge in [0.15, 0.2) is 0 Å². The maximum atomic E-state index is 11.3. The van der Waals surface area contributed by atoms with Crippen LogP contribution < -0.4 is 5.32 Å². The summed E-state index contributed by atoms with van der Waals surface area (Å²) in [5.41, 5.74) is -0.485. The van der Waals surface area contributed by atoms with Crippen LogP contribution in [-0.2, 0) is 14.3 Å². The van der Waals surface area contributed by atoms with Gasteiger partial charge in [0.1, 0.15) is 5.60 Å². The van der Waals surface area contributed by atoms with Crippen LogP contribution in [0.3, 0.4) is 0 Å². The van der Waals surface area contributed by atoms with Gasteiger partial charge in [0.05, 0.1) is 6.61 Å². The molecule has 0 radical (unpaired) electrons. The first-order chi connectivity index (χ1) is 8.24. The molecule has 0 aromatic carbocycles. The smallest absolute Gasteiger partial charge is 0.407 e. The van der Waals surface area contributed by atoms with E-state index in [0.717, 1.165) is 6.42 Å². The fraction of sp³-hybridized carbons (Fsp3) is 0.846. The molecule has 0 fully saturated rings. The molecule has 1 unspecified atom stereocenters. The molecule has 18 heavy (non-hydrogen) atoms. The van der Waals surface area contributed by atoms with Gasteiger partial charge in [-0.1, -0.05) is 6.92 Å². The first-order valence-electron chi connectivity index (χ1n) is 6.37. The van der Waals surface area contributed by atoms with Crippen LogP contribution in [0.1, 0.15) is 47.5 Å². The van der Waals surface area contributed by atoms with Crippen molar-refractivity contribution in [1.82, 2.24) is 5.32 Å². The van der Waals surface area contributed by atoms with Gasteiger partial charge in [0, 0.05) is 13.0 Å². The second-order valence-corrected chi connectivity index (χ2v) is 5.33. The van der Waals surface area contributed by atoms with Crippen molar-refractivity contribution in [2.45, 2.75) is 53.1 Å². The minimum atomic E-state index is -0.485. The normalized spacial score (nSPS) is 12.7. The van der Waals surface area contributed by atoms with E-state index in [4.69, 9.17) is 9.47 Å². The molecule has 0 heterocycles. The minimum absolute atomic E-state index is 0.180. The Hall–Kier alpha value is -1.26. The molecule has 1 atom stereocenters. The van der Waals surface area contributed by atoms with Crippen LogP contribution in [0.5, 0.6) is 0 Å². The molecule has 106 valence electrons. The zero-order valence-electron chi connectivity index (χ0n) is 12.0. The molecule has 0 bridgehead atoms. The third kappa shape index (κ3) is 9.93. The summed E-state index contributed by atoms with van der Waals surface area (Å²) in [4.78, 5) is 22.5. The van der Waals surface area contributed by atoms with Gasteiger partial charge in [-0.05, 0) is 40.0 Å². The molecule has 0 spiro atoms. The van der Waals surface area contributed by atoms with Crippen LogP contribution in [0.2, 0.25) is 0 Å². The van der Waals surface area contributed by atoms with Gasteiger partial charge >= 0.3 is 12.1 Å². The van der Waals surface area contributed by atoms with Gasteiger partial charge in [0.2, 0.25) is 0 Å². The predicted molar refractivity (Wildman–Crippen MR) is 69.3 cm³/mol. The Morgan fingerprint density at radius 3 is 2.39 bits per heavy atom. The monoisotopic (exact) mass is 259 g/mol. The van der Waals surface area contributed by atoms with E-state index in [1.165, 1.54) is 0 Å². The van der Waals surface area contributed by atoms with Crippen LogP contribution in [0.25, 0.3) is 0 Å². The van der Waals surface area contributed by atoms with Gasteiger partial charge in [0.25, 0.3) is 0 Å². The highest BCUT2D eigenvalue weighted by molar-refractivity contribution is 5.69. The predicted octanol–water partition coefficient (Wildman–Crippen LogP) is 2.49. The van der Waals surface area contributed by atoms with E-state index in [1.54, 1.807) is 6.92 Å². The van der Waals surface area contributed by atoms with Gasteiger partial charge in [-0.2, -0.15) is 0 Å². The van der Waals surface area contributed by atoms with Crippen molar-refractivity contribution in [1.29, 1.82) is 0 Å². The third-order valence-corrected chi connectivity index (χ3v) is 2.13. The number of carbonyl (C=O) groups is 2. The summed E-state index contributed by atoms with van der Waals surface area (Å²) < 4.78 is 9.95. The Morgan fingerprint density at radius 2 is 1.89 bits per heavy atom. The Kier molecular flexibility index (Phi) is 7.39. The second kappa shape index (κ2) is 7.95. The molecule has 1 N–H and O–H groups in total. The zero-order chi connectivity index (χ0) is 14.2. The number of nitrogens with one attached hydrogen (secondary N) is 1. The molecule has 0 aromatic heterocycles. The first-order valence-corrected chi connectivity index (χ1v) is 6.37. The van der Waals surface area contributed by atoms with Crippen molar-refractivity contribution in [2.24, 2.45) is 5.92 Å². The van der Waals surface area contributed by atoms with Gasteiger partial charge in [-0.3, -0.25) is 4.79 Å². The number of rotatable bonds is 6. The molecule has 0 aliphatic heterocycles. The molecule has 5 nitrogen and oxygen atoms in total. The standard InChI is InChI=1S/C13H25NO4/c1-6-17-11(15)9-10(2)7-8-14-12(16)18-13(3,4)5/h10H,6-9H2,1-5H3,(H,14,16). The van der Waals surface area contributed by atoms with E-state index < -0.39 is 11.7 Å². The lowest BCUT2D eigenvalue weighted by Gasteiger charge is -2.20. The fourth-order valence-electron chi connectivity index (χ4n) is 1.34. The van der Waals surface area contributed by atoms with E-state index in [2.05, 4.69) is 5.32 Å². The van der Waals surface area contributed by atoms with Crippen molar-refractivity contribution in [2.75, 3.05) is 13.2 Å². The lowest BCUT2D eigenvalue weighted by Crippen LogP contribution is -2.33. The summed E-state index contributed by atoms with van der Waals surface area (Å²) in [6.07, 6.45) is 0.674. The zero-order valence-corrected chi connectivity index (χ0v) is 12.0. The molecule has 0 saturated carbocycles. The maximum absolute atomic E-state index is 11.3. The molecule has 5 heteroatoms. The SMILES string of the molecule is CCOC(=O)CC(C)CCNC(=O)OC(C)(C)C. The highest BCUT2D eigenvalue weighted by Crippen LogP contribution is 2.09. The summed E-state index contributed by atoms with van der Waals surface area (Å²) in [6.45, 7) is 10.1. The van der Waals surface area contributed by atoms with Crippen LogP contribution in [0, 0.1) is 5.92 Å². The summed E-state index contributed by atoms with van der Waals surface area (Å²) >= 11 is 0. The maximum Gasteiger partial charge on any atom is 0.407 e. The van der Waals surface area contributed by atoms with Crippen molar-refractivity contribution >= 4 is 12.1 Å². The largest absolute Gasteiger partial charge is 0.466 e. The average Bonchev–Trinajstić information content (AvgIpc) is 2.14. The molecular weight excluding hydrogens is 234 g/mol. The van der Waals surface area contributed by atoms with E-state index >= 15 is 0 Å². The molecular formula is C13H25NO4. The lowest BCUT2D eigenvalue weighted by molar-refractivity contribution is -0.144. The van der Waals surface area contributed by atoms with Crippen LogP contribution in [0.4, 0.5) is 4.79 Å². The van der Waals surface area contributed by atoms with Gasteiger partial charge < -0.3 is 14.8 Å². The Morgan fingerprint density at radius 1 is 1.28 bits per heavy atom. The molecule has 0 aliphatic carbocycles. The van der Waals surface area contributed by atoms with E-state index in [1.807, 2.05) is 27.7 Å². The number of hydrogen-bond donors (Lipinski definition) is 1. The number of amides is 1. The summed E-state index contributed by atoms with van der Waals surface area (Å²) in [7, 11) is 0. The number of carbonyl (C=O) groups excluding carboxylic acids is 2. The topological polar surface area (TPSA) is 64.6 Å². The van der Waals surface area contributed by atoms with Crippen molar-refractivity contribution in [3.63, 3.8) is 0 Å². The molecule has 0 rings (SSSR count). The first kappa shape index (κ1) is 16.7. The molecule has 1 amide bonds. The Balaban J connectivity index is 3.71. The summed E-state index contributed by atoms with van der Waals surface area (Å²) in [6, 6.07) is 0. The van der Waals surface area contributed by atoms with Crippen molar-refractivity contribution < 1.29 is 19.1 Å². The number of esters is 1. The number of ether oxygens (including phenoxy) is 2. The van der Waals surface area contributed by atoms with Crippen LogP contribution in [0.15, 0.2) is 0 Å². The van der Waals surface area contributed by atoms with Crippen LogP contribution >= 0.6 is 0 Å². The van der Waals surface area contributed by atoms with Gasteiger partial charge in [-0.15, -0.1) is 0 Å². The summed E-state index contributed by atoms with van der Waals surface area (Å²) in [5, 5.41) is 2.66. The number of hydrogen-bond acceptors (Lipinski definition) is 4. The quantitative estimate of drug-likeness (QED) is 0.744. The Bertz CT molecular complexity index is 271.